The molecule has 6 aromatic carbocycles. The van der Waals surface area contributed by atoms with E-state index in [1.165, 1.54) is 55.0 Å². The summed E-state index contributed by atoms with van der Waals surface area (Å²) < 4.78 is 11.8. The molecule has 12 rings (SSSR count). The maximum Gasteiger partial charge on any atom is 0.235 e. The van der Waals surface area contributed by atoms with Crippen LogP contribution in [0.5, 0.6) is 0 Å². The molecule has 0 bridgehead atoms. The highest BCUT2D eigenvalue weighted by molar-refractivity contribution is 6.10. The molecule has 310 valence electrons. The van der Waals surface area contributed by atoms with Crippen LogP contribution in [0.3, 0.4) is 0 Å². The van der Waals surface area contributed by atoms with E-state index in [-0.39, 0.29) is 23.9 Å². The molecule has 3 aliphatic rings. The summed E-state index contributed by atoms with van der Waals surface area (Å²) >= 11 is 0. The van der Waals surface area contributed by atoms with Gasteiger partial charge in [-0.3, -0.25) is 4.57 Å². The number of ether oxygens (including phenoxy) is 1. The van der Waals surface area contributed by atoms with Crippen molar-refractivity contribution in [3.63, 3.8) is 0 Å². The SMILES string of the molecule is CC/C=C\C=C/C1CC2=C(O1)c1c(c3ccccc3n1-c1nc(C3C=CC=CC3)c3ccccc3n1)C(c1ccc(-c3ccc4c5ccccc5n(-c5ccccc5)c4c3)cc1)[C@H]2C. The number of hydrogen-bond donors (Lipinski definition) is 0. The Bertz CT molecular complexity index is 3430. The minimum Gasteiger partial charge on any atom is -0.484 e. The van der Waals surface area contributed by atoms with E-state index in [1.54, 1.807) is 0 Å². The molecule has 3 unspecified atom stereocenters. The number of nitrogens with zero attached hydrogens (tertiary/aromatic N) is 4. The summed E-state index contributed by atoms with van der Waals surface area (Å²) in [4.78, 5) is 10.9. The number of rotatable bonds is 8. The first kappa shape index (κ1) is 38.2. The van der Waals surface area contributed by atoms with Gasteiger partial charge in [-0.05, 0) is 89.1 Å². The van der Waals surface area contributed by atoms with Gasteiger partial charge >= 0.3 is 0 Å². The van der Waals surface area contributed by atoms with Crippen molar-refractivity contribution < 1.29 is 4.74 Å². The Labute approximate surface area is 373 Å². The van der Waals surface area contributed by atoms with Gasteiger partial charge in [0.15, 0.2) is 0 Å². The fraction of sp³-hybridized carbons (Fsp3) is 0.153. The predicted molar refractivity (Wildman–Crippen MR) is 264 cm³/mol. The molecule has 0 spiro atoms. The van der Waals surface area contributed by atoms with Gasteiger partial charge in [-0.15, -0.1) is 0 Å². The van der Waals surface area contributed by atoms with Crippen molar-refractivity contribution in [2.45, 2.75) is 51.0 Å². The lowest BCUT2D eigenvalue weighted by atomic mass is 9.72. The largest absolute Gasteiger partial charge is 0.484 e. The van der Waals surface area contributed by atoms with Crippen LogP contribution in [0, 0.1) is 5.92 Å². The van der Waals surface area contributed by atoms with Gasteiger partial charge in [0, 0.05) is 45.5 Å². The molecule has 0 fully saturated rings. The zero-order valence-corrected chi connectivity index (χ0v) is 36.1. The molecule has 5 heteroatoms. The molecule has 0 radical (unpaired) electrons. The summed E-state index contributed by atoms with van der Waals surface area (Å²) in [6.45, 7) is 4.57. The molecule has 0 saturated heterocycles. The van der Waals surface area contributed by atoms with Gasteiger partial charge in [-0.1, -0.05) is 166 Å². The van der Waals surface area contributed by atoms with E-state index >= 15 is 0 Å². The molecule has 5 nitrogen and oxygen atoms in total. The van der Waals surface area contributed by atoms with Gasteiger partial charge in [0.2, 0.25) is 5.95 Å². The van der Waals surface area contributed by atoms with Gasteiger partial charge in [0.05, 0.1) is 33.5 Å². The van der Waals surface area contributed by atoms with Crippen LogP contribution in [0.25, 0.3) is 72.1 Å². The summed E-state index contributed by atoms with van der Waals surface area (Å²) in [5.74, 6) is 2.09. The van der Waals surface area contributed by atoms with Crippen molar-refractivity contribution >= 4 is 49.4 Å². The topological polar surface area (TPSA) is 44.9 Å². The Hall–Kier alpha value is -7.50. The van der Waals surface area contributed by atoms with Gasteiger partial charge in [0.25, 0.3) is 0 Å². The molecule has 0 saturated carbocycles. The fourth-order valence-electron chi connectivity index (χ4n) is 10.7. The molecule has 3 aromatic heterocycles. The first-order valence-electron chi connectivity index (χ1n) is 22.8. The maximum atomic E-state index is 7.09. The van der Waals surface area contributed by atoms with E-state index in [9.17, 15) is 0 Å². The molecule has 4 heterocycles. The number of para-hydroxylation sites is 4. The minimum atomic E-state index is -0.0666. The number of allylic oxidation sites excluding steroid dienone is 7. The predicted octanol–water partition coefficient (Wildman–Crippen LogP) is 14.7. The summed E-state index contributed by atoms with van der Waals surface area (Å²) in [7, 11) is 0. The van der Waals surface area contributed by atoms with Crippen molar-refractivity contribution in [3.05, 3.63) is 222 Å². The highest BCUT2D eigenvalue weighted by atomic mass is 16.5. The van der Waals surface area contributed by atoms with Gasteiger partial charge in [0.1, 0.15) is 11.9 Å². The molecular weight excluding hydrogens is 781 g/mol. The number of fused-ring (bicyclic) bond motifs is 8. The van der Waals surface area contributed by atoms with Crippen LogP contribution in [-0.2, 0) is 4.74 Å². The lowest BCUT2D eigenvalue weighted by molar-refractivity contribution is 0.236. The zero-order valence-electron chi connectivity index (χ0n) is 36.1. The normalized spacial score (nSPS) is 19.5. The number of hydrogen-bond acceptors (Lipinski definition) is 3. The highest BCUT2D eigenvalue weighted by Crippen LogP contribution is 2.55. The summed E-state index contributed by atoms with van der Waals surface area (Å²) in [5, 5.41) is 4.82. The van der Waals surface area contributed by atoms with Crippen LogP contribution in [-0.4, -0.2) is 25.2 Å². The monoisotopic (exact) mass is 828 g/mol. The molecule has 9 aromatic rings. The second kappa shape index (κ2) is 15.7. The molecule has 2 aliphatic carbocycles. The summed E-state index contributed by atoms with van der Waals surface area (Å²) in [6, 6.07) is 53.0. The number of benzene rings is 6. The molecule has 0 N–H and O–H groups in total. The zero-order chi connectivity index (χ0) is 42.7. The second-order valence-corrected chi connectivity index (χ2v) is 17.4. The van der Waals surface area contributed by atoms with Crippen molar-refractivity contribution in [3.8, 4) is 22.8 Å². The van der Waals surface area contributed by atoms with Gasteiger partial charge < -0.3 is 9.30 Å². The first-order valence-corrected chi connectivity index (χ1v) is 22.8. The molecule has 4 atom stereocenters. The van der Waals surface area contributed by atoms with Crippen LogP contribution in [0.2, 0.25) is 0 Å². The van der Waals surface area contributed by atoms with Crippen LogP contribution in [0.15, 0.2) is 200 Å². The Kier molecular flexibility index (Phi) is 9.36. The highest BCUT2D eigenvalue weighted by Gasteiger charge is 2.43. The average molecular weight is 829 g/mol. The summed E-state index contributed by atoms with van der Waals surface area (Å²) in [5.41, 5.74) is 14.0. The molecule has 64 heavy (non-hydrogen) atoms. The van der Waals surface area contributed by atoms with Crippen molar-refractivity contribution in [2.75, 3.05) is 0 Å². The Balaban J connectivity index is 1.02. The quantitative estimate of drug-likeness (QED) is 0.143. The van der Waals surface area contributed by atoms with Crippen LogP contribution >= 0.6 is 0 Å². The van der Waals surface area contributed by atoms with Crippen molar-refractivity contribution in [1.82, 2.24) is 19.1 Å². The Morgan fingerprint density at radius 1 is 0.672 bits per heavy atom. The van der Waals surface area contributed by atoms with Crippen LogP contribution in [0.4, 0.5) is 0 Å². The second-order valence-electron chi connectivity index (χ2n) is 17.4. The molecule has 0 amide bonds. The van der Waals surface area contributed by atoms with E-state index in [4.69, 9.17) is 14.7 Å². The van der Waals surface area contributed by atoms with Gasteiger partial charge in [-0.25, -0.2) is 9.97 Å². The maximum absolute atomic E-state index is 7.09. The third kappa shape index (κ3) is 6.21. The Morgan fingerprint density at radius 3 is 2.19 bits per heavy atom. The summed E-state index contributed by atoms with van der Waals surface area (Å²) in [6.07, 6.45) is 20.1. The van der Waals surface area contributed by atoms with Crippen LogP contribution in [0.1, 0.15) is 67.5 Å². The minimum absolute atomic E-state index is 0.0666. The lowest BCUT2D eigenvalue weighted by Gasteiger charge is -2.31. The van der Waals surface area contributed by atoms with E-state index in [0.717, 1.165) is 58.5 Å². The smallest absolute Gasteiger partial charge is 0.235 e. The van der Waals surface area contributed by atoms with Crippen LogP contribution < -0.4 is 0 Å². The third-order valence-corrected chi connectivity index (χ3v) is 13.7. The molecular formula is C59H48N4O. The number of aromatic nitrogens is 4. The molecule has 1 aliphatic heterocycles. The third-order valence-electron chi connectivity index (χ3n) is 13.7. The standard InChI is InChI=1S/C59H48N4O/c1-3-4-5-12-23-44-37-49-38(2)54(40-32-30-39(31-33-40)42-34-35-46-45-24-14-17-28-51(45)62(53(46)36-42)43-21-10-7-11-22-43)55-48-26-15-18-29-52(48)63(57(55)58(49)64-44)59-60-50-27-16-13-25-47(50)56(61-59)41-19-8-6-9-20-41/h4-19,21-36,38,41,44,54H,3,20,37H2,1-2H3/b5-4-,23-12-/t38-,41?,44?,54?/m0/s1. The van der Waals surface area contributed by atoms with Gasteiger partial charge in [-0.2, -0.15) is 0 Å². The van der Waals surface area contributed by atoms with E-state index in [0.29, 0.717) is 5.95 Å². The van der Waals surface area contributed by atoms with E-state index in [1.807, 2.05) is 0 Å². The Morgan fingerprint density at radius 2 is 1.39 bits per heavy atom. The van der Waals surface area contributed by atoms with Crippen molar-refractivity contribution in [1.29, 1.82) is 0 Å². The first-order chi connectivity index (χ1) is 31.6. The van der Waals surface area contributed by atoms with Crippen molar-refractivity contribution in [2.24, 2.45) is 5.92 Å². The average Bonchev–Trinajstić information content (AvgIpc) is 4.04. The fourth-order valence-corrected chi connectivity index (χ4v) is 10.7. The van der Waals surface area contributed by atoms with E-state index in [2.05, 4.69) is 217 Å². The lowest BCUT2D eigenvalue weighted by Crippen LogP contribution is -2.21. The van der Waals surface area contributed by atoms with E-state index < -0.39 is 0 Å².